The zero-order valence-electron chi connectivity index (χ0n) is 10.5. The lowest BCUT2D eigenvalue weighted by Gasteiger charge is -2.08. The fourth-order valence-corrected chi connectivity index (χ4v) is 1.76. The van der Waals surface area contributed by atoms with Crippen molar-refractivity contribution in [2.75, 3.05) is 11.1 Å². The number of benzene rings is 2. The summed E-state index contributed by atoms with van der Waals surface area (Å²) in [6.07, 6.45) is 0. The quantitative estimate of drug-likeness (QED) is 0.652. The zero-order chi connectivity index (χ0) is 13.8. The van der Waals surface area contributed by atoms with E-state index in [0.29, 0.717) is 22.5 Å². The van der Waals surface area contributed by atoms with Crippen LogP contribution in [0.4, 0.5) is 11.4 Å². The van der Waals surface area contributed by atoms with Crippen LogP contribution in [0.5, 0.6) is 0 Å². The first-order valence-electron chi connectivity index (χ1n) is 5.85. The predicted octanol–water partition coefficient (Wildman–Crippen LogP) is 2.46. The fraction of sp³-hybridized carbons (Fsp3) is 0.0667. The van der Waals surface area contributed by atoms with Crippen molar-refractivity contribution in [2.24, 2.45) is 0 Å². The molecule has 3 N–H and O–H groups in total. The first-order chi connectivity index (χ1) is 9.08. The smallest absolute Gasteiger partial charge is 0.221 e. The highest BCUT2D eigenvalue weighted by molar-refractivity contribution is 6.10. The van der Waals surface area contributed by atoms with E-state index < -0.39 is 0 Å². The Morgan fingerprint density at radius 3 is 2.26 bits per heavy atom. The van der Waals surface area contributed by atoms with Gasteiger partial charge in [-0.15, -0.1) is 0 Å². The Labute approximate surface area is 111 Å². The molecule has 4 heteroatoms. The summed E-state index contributed by atoms with van der Waals surface area (Å²) in [4.78, 5) is 23.2. The van der Waals surface area contributed by atoms with E-state index in [-0.39, 0.29) is 11.7 Å². The summed E-state index contributed by atoms with van der Waals surface area (Å²) in [5.74, 6) is -0.296. The SMILES string of the molecule is CC(=O)Nc1ccc(C(=O)c2ccccc2)cc1N. The Morgan fingerprint density at radius 1 is 1.00 bits per heavy atom. The Kier molecular flexibility index (Phi) is 3.61. The lowest BCUT2D eigenvalue weighted by atomic mass is 10.0. The van der Waals surface area contributed by atoms with Gasteiger partial charge in [-0.3, -0.25) is 9.59 Å². The van der Waals surface area contributed by atoms with Gasteiger partial charge in [0.2, 0.25) is 5.91 Å². The Hall–Kier alpha value is -2.62. The second-order valence-electron chi connectivity index (χ2n) is 4.18. The molecule has 2 aromatic rings. The Morgan fingerprint density at radius 2 is 1.68 bits per heavy atom. The first-order valence-corrected chi connectivity index (χ1v) is 5.85. The molecule has 2 rings (SSSR count). The number of nitrogens with one attached hydrogen (secondary N) is 1. The van der Waals surface area contributed by atoms with Crippen molar-refractivity contribution >= 4 is 23.1 Å². The summed E-state index contributed by atoms with van der Waals surface area (Å²) in [7, 11) is 0. The van der Waals surface area contributed by atoms with Gasteiger partial charge in [-0.05, 0) is 18.2 Å². The van der Waals surface area contributed by atoms with E-state index in [0.717, 1.165) is 0 Å². The molecule has 0 spiro atoms. The van der Waals surface area contributed by atoms with Gasteiger partial charge in [-0.2, -0.15) is 0 Å². The molecule has 0 bridgehead atoms. The van der Waals surface area contributed by atoms with Crippen LogP contribution >= 0.6 is 0 Å². The molecule has 0 aliphatic heterocycles. The van der Waals surface area contributed by atoms with Gasteiger partial charge in [-0.1, -0.05) is 30.3 Å². The molecule has 2 aromatic carbocycles. The Bertz CT molecular complexity index is 621. The molecule has 96 valence electrons. The van der Waals surface area contributed by atoms with Crippen LogP contribution < -0.4 is 11.1 Å². The Balaban J connectivity index is 2.30. The van der Waals surface area contributed by atoms with Gasteiger partial charge in [0, 0.05) is 18.1 Å². The number of nitrogens with two attached hydrogens (primary N) is 1. The van der Waals surface area contributed by atoms with Gasteiger partial charge in [0.25, 0.3) is 0 Å². The van der Waals surface area contributed by atoms with Gasteiger partial charge >= 0.3 is 0 Å². The molecular formula is C15H14N2O2. The number of hydrogen-bond donors (Lipinski definition) is 2. The largest absolute Gasteiger partial charge is 0.397 e. The lowest BCUT2D eigenvalue weighted by molar-refractivity contribution is -0.114. The molecule has 0 aromatic heterocycles. The van der Waals surface area contributed by atoms with Crippen LogP contribution in [-0.2, 0) is 4.79 Å². The van der Waals surface area contributed by atoms with E-state index in [1.54, 1.807) is 30.3 Å². The molecule has 19 heavy (non-hydrogen) atoms. The lowest BCUT2D eigenvalue weighted by Crippen LogP contribution is -2.09. The van der Waals surface area contributed by atoms with Crippen LogP contribution in [-0.4, -0.2) is 11.7 Å². The van der Waals surface area contributed by atoms with Crippen molar-refractivity contribution in [3.63, 3.8) is 0 Å². The third-order valence-corrected chi connectivity index (χ3v) is 2.66. The average Bonchev–Trinajstić information content (AvgIpc) is 2.41. The number of anilines is 2. The summed E-state index contributed by atoms with van der Waals surface area (Å²) in [5, 5.41) is 2.60. The molecule has 0 aliphatic carbocycles. The fourth-order valence-electron chi connectivity index (χ4n) is 1.76. The molecule has 0 atom stereocenters. The third kappa shape index (κ3) is 2.98. The summed E-state index contributed by atoms with van der Waals surface area (Å²) >= 11 is 0. The van der Waals surface area contributed by atoms with E-state index in [9.17, 15) is 9.59 Å². The highest BCUT2D eigenvalue weighted by Crippen LogP contribution is 2.21. The van der Waals surface area contributed by atoms with Crippen molar-refractivity contribution in [3.8, 4) is 0 Å². The van der Waals surface area contributed by atoms with E-state index in [1.807, 2.05) is 18.2 Å². The molecule has 0 unspecified atom stereocenters. The molecule has 0 heterocycles. The third-order valence-electron chi connectivity index (χ3n) is 2.66. The van der Waals surface area contributed by atoms with Crippen molar-refractivity contribution in [2.45, 2.75) is 6.92 Å². The summed E-state index contributed by atoms with van der Waals surface area (Å²) < 4.78 is 0. The molecule has 0 fully saturated rings. The van der Waals surface area contributed by atoms with E-state index >= 15 is 0 Å². The number of nitrogen functional groups attached to an aromatic ring is 1. The molecular weight excluding hydrogens is 240 g/mol. The van der Waals surface area contributed by atoms with Crippen LogP contribution in [0.25, 0.3) is 0 Å². The molecule has 0 saturated heterocycles. The van der Waals surface area contributed by atoms with Gasteiger partial charge in [-0.25, -0.2) is 0 Å². The highest BCUT2D eigenvalue weighted by Gasteiger charge is 2.10. The minimum absolute atomic E-state index is 0.0957. The molecule has 0 aliphatic rings. The second-order valence-corrected chi connectivity index (χ2v) is 4.18. The average molecular weight is 254 g/mol. The minimum atomic E-state index is -0.200. The maximum Gasteiger partial charge on any atom is 0.221 e. The standard InChI is InChI=1S/C15H14N2O2/c1-10(18)17-14-8-7-12(9-13(14)16)15(19)11-5-3-2-4-6-11/h2-9H,16H2,1H3,(H,17,18). The van der Waals surface area contributed by atoms with Crippen LogP contribution in [0.1, 0.15) is 22.8 Å². The summed E-state index contributed by atoms with van der Waals surface area (Å²) in [6.45, 7) is 1.41. The first kappa shape index (κ1) is 12.8. The van der Waals surface area contributed by atoms with Crippen molar-refractivity contribution in [1.29, 1.82) is 0 Å². The van der Waals surface area contributed by atoms with E-state index in [4.69, 9.17) is 5.73 Å². The van der Waals surface area contributed by atoms with Gasteiger partial charge in [0.05, 0.1) is 11.4 Å². The van der Waals surface area contributed by atoms with E-state index in [2.05, 4.69) is 5.32 Å². The van der Waals surface area contributed by atoms with Gasteiger partial charge in [0.1, 0.15) is 0 Å². The summed E-state index contributed by atoms with van der Waals surface area (Å²) in [5.41, 5.74) is 7.81. The van der Waals surface area contributed by atoms with Crippen LogP contribution in [0.3, 0.4) is 0 Å². The zero-order valence-corrected chi connectivity index (χ0v) is 10.5. The number of ketones is 1. The normalized spacial score (nSPS) is 9.95. The van der Waals surface area contributed by atoms with Crippen molar-refractivity contribution in [3.05, 3.63) is 59.7 Å². The molecule has 4 nitrogen and oxygen atoms in total. The van der Waals surface area contributed by atoms with Crippen LogP contribution in [0, 0.1) is 0 Å². The highest BCUT2D eigenvalue weighted by atomic mass is 16.1. The number of carbonyl (C=O) groups excluding carboxylic acids is 2. The van der Waals surface area contributed by atoms with Crippen LogP contribution in [0.15, 0.2) is 48.5 Å². The van der Waals surface area contributed by atoms with Gasteiger partial charge in [0.15, 0.2) is 5.78 Å². The molecule has 0 saturated carbocycles. The van der Waals surface area contributed by atoms with Crippen molar-refractivity contribution in [1.82, 2.24) is 0 Å². The molecule has 1 amide bonds. The van der Waals surface area contributed by atoms with E-state index in [1.165, 1.54) is 6.92 Å². The second kappa shape index (κ2) is 5.35. The number of hydrogen-bond acceptors (Lipinski definition) is 3. The molecule has 0 radical (unpaired) electrons. The topological polar surface area (TPSA) is 72.2 Å². The number of rotatable bonds is 3. The predicted molar refractivity (Wildman–Crippen MR) is 75.0 cm³/mol. The van der Waals surface area contributed by atoms with Gasteiger partial charge < -0.3 is 11.1 Å². The summed E-state index contributed by atoms with van der Waals surface area (Å²) in [6, 6.07) is 13.8. The number of amides is 1. The maximum atomic E-state index is 12.2. The monoisotopic (exact) mass is 254 g/mol. The number of carbonyl (C=O) groups is 2. The van der Waals surface area contributed by atoms with Crippen LogP contribution in [0.2, 0.25) is 0 Å². The van der Waals surface area contributed by atoms with Crippen molar-refractivity contribution < 1.29 is 9.59 Å². The maximum absolute atomic E-state index is 12.2. The minimum Gasteiger partial charge on any atom is -0.397 e.